The second-order valence-corrected chi connectivity index (χ2v) is 5.46. The average Bonchev–Trinajstić information content (AvgIpc) is 2.94. The van der Waals surface area contributed by atoms with Crippen molar-refractivity contribution in [3.63, 3.8) is 0 Å². The van der Waals surface area contributed by atoms with Gasteiger partial charge in [-0.2, -0.15) is 14.9 Å². The summed E-state index contributed by atoms with van der Waals surface area (Å²) in [7, 11) is 1.62. The van der Waals surface area contributed by atoms with Crippen LogP contribution in [0.3, 0.4) is 0 Å². The highest BCUT2D eigenvalue weighted by Crippen LogP contribution is 2.25. The van der Waals surface area contributed by atoms with Crippen LogP contribution >= 0.6 is 23.8 Å². The first-order valence-corrected chi connectivity index (χ1v) is 7.58. The second kappa shape index (κ2) is 6.76. The first kappa shape index (κ1) is 15.5. The first-order valence-electron chi connectivity index (χ1n) is 6.80. The van der Waals surface area contributed by atoms with Gasteiger partial charge in [-0.05, 0) is 42.0 Å². The molecule has 3 aromatic rings. The Morgan fingerprint density at radius 1 is 1.26 bits per heavy atom. The molecule has 1 heterocycles. The van der Waals surface area contributed by atoms with Crippen molar-refractivity contribution >= 4 is 30.0 Å². The quantitative estimate of drug-likeness (QED) is 0.571. The normalized spacial score (nSPS) is 11.0. The molecule has 0 amide bonds. The largest absolute Gasteiger partial charge is 0.497 e. The van der Waals surface area contributed by atoms with E-state index in [1.54, 1.807) is 19.4 Å². The first-order chi connectivity index (χ1) is 11.2. The molecular formula is C16H13ClN4OS. The van der Waals surface area contributed by atoms with Gasteiger partial charge in [0.2, 0.25) is 4.77 Å². The summed E-state index contributed by atoms with van der Waals surface area (Å²) in [6.07, 6.45) is 1.69. The van der Waals surface area contributed by atoms with Crippen molar-refractivity contribution in [1.82, 2.24) is 14.9 Å². The third-order valence-corrected chi connectivity index (χ3v) is 3.78. The Hall–Kier alpha value is -2.44. The highest BCUT2D eigenvalue weighted by molar-refractivity contribution is 7.71. The van der Waals surface area contributed by atoms with Crippen LogP contribution in [0.2, 0.25) is 5.02 Å². The molecule has 0 bridgehead atoms. The molecular weight excluding hydrogens is 332 g/mol. The van der Waals surface area contributed by atoms with Gasteiger partial charge in [0.05, 0.1) is 18.3 Å². The lowest BCUT2D eigenvalue weighted by molar-refractivity contribution is 0.415. The molecule has 23 heavy (non-hydrogen) atoms. The molecule has 0 unspecified atom stereocenters. The molecule has 5 nitrogen and oxygen atoms in total. The van der Waals surface area contributed by atoms with Gasteiger partial charge in [0.1, 0.15) is 5.75 Å². The molecule has 0 spiro atoms. The number of aromatic nitrogens is 3. The zero-order valence-corrected chi connectivity index (χ0v) is 13.8. The Balaban J connectivity index is 2.01. The smallest absolute Gasteiger partial charge is 0.216 e. The molecule has 0 aliphatic carbocycles. The third kappa shape index (κ3) is 3.33. The number of benzene rings is 2. The molecule has 3 rings (SSSR count). The fourth-order valence-electron chi connectivity index (χ4n) is 2.06. The second-order valence-electron chi connectivity index (χ2n) is 4.67. The van der Waals surface area contributed by atoms with E-state index >= 15 is 0 Å². The van der Waals surface area contributed by atoms with E-state index in [0.29, 0.717) is 15.6 Å². The van der Waals surface area contributed by atoms with E-state index in [4.69, 9.17) is 28.6 Å². The summed E-state index contributed by atoms with van der Waals surface area (Å²) in [5.74, 6) is 1.32. The van der Waals surface area contributed by atoms with Gasteiger partial charge in [-0.1, -0.05) is 35.9 Å². The molecule has 0 saturated carbocycles. The zero-order chi connectivity index (χ0) is 16.2. The van der Waals surface area contributed by atoms with E-state index in [1.165, 1.54) is 4.68 Å². The predicted molar refractivity (Wildman–Crippen MR) is 93.8 cm³/mol. The van der Waals surface area contributed by atoms with Crippen LogP contribution in [0.5, 0.6) is 5.75 Å². The van der Waals surface area contributed by atoms with Crippen LogP contribution in [0.25, 0.3) is 11.4 Å². The maximum Gasteiger partial charge on any atom is 0.216 e. The van der Waals surface area contributed by atoms with Crippen LogP contribution < -0.4 is 4.74 Å². The molecule has 2 aromatic carbocycles. The lowest BCUT2D eigenvalue weighted by atomic mass is 10.2. The Kier molecular flexibility index (Phi) is 4.55. The molecule has 0 atom stereocenters. The SMILES string of the molecule is COc1cccc(/C=N/n2c(-c3ccccc3Cl)n[nH]c2=S)c1. The van der Waals surface area contributed by atoms with Gasteiger partial charge >= 0.3 is 0 Å². The fraction of sp³-hybridized carbons (Fsp3) is 0.0625. The van der Waals surface area contributed by atoms with Crippen molar-refractivity contribution in [3.05, 3.63) is 63.9 Å². The predicted octanol–water partition coefficient (Wildman–Crippen LogP) is 4.15. The van der Waals surface area contributed by atoms with Gasteiger partial charge in [-0.3, -0.25) is 0 Å². The van der Waals surface area contributed by atoms with Gasteiger partial charge in [0.25, 0.3) is 0 Å². The number of rotatable bonds is 4. The van der Waals surface area contributed by atoms with Crippen LogP contribution in [-0.2, 0) is 0 Å². The molecule has 116 valence electrons. The minimum atomic E-state index is 0.388. The van der Waals surface area contributed by atoms with Crippen LogP contribution in [0.1, 0.15) is 5.56 Å². The van der Waals surface area contributed by atoms with Gasteiger partial charge in [0.15, 0.2) is 5.82 Å². The number of hydrogen-bond acceptors (Lipinski definition) is 4. The molecule has 1 N–H and O–H groups in total. The lowest BCUT2D eigenvalue weighted by Gasteiger charge is -2.03. The summed E-state index contributed by atoms with van der Waals surface area (Å²) in [6, 6.07) is 15.0. The number of H-pyrrole nitrogens is 1. The molecule has 0 aliphatic rings. The maximum atomic E-state index is 6.23. The number of ether oxygens (including phenoxy) is 1. The Bertz CT molecular complexity index is 916. The highest BCUT2D eigenvalue weighted by Gasteiger charge is 2.11. The van der Waals surface area contributed by atoms with Crippen molar-refractivity contribution < 1.29 is 4.74 Å². The van der Waals surface area contributed by atoms with Gasteiger partial charge in [-0.25, -0.2) is 5.10 Å². The van der Waals surface area contributed by atoms with Crippen molar-refractivity contribution in [1.29, 1.82) is 0 Å². The van der Waals surface area contributed by atoms with Crippen LogP contribution in [-0.4, -0.2) is 28.2 Å². The summed E-state index contributed by atoms with van der Waals surface area (Å²) < 4.78 is 7.13. The summed E-state index contributed by atoms with van der Waals surface area (Å²) in [5, 5.41) is 11.9. The van der Waals surface area contributed by atoms with Crippen molar-refractivity contribution in [2.45, 2.75) is 0 Å². The molecule has 1 aromatic heterocycles. The number of methoxy groups -OCH3 is 1. The Morgan fingerprint density at radius 3 is 2.87 bits per heavy atom. The van der Waals surface area contributed by atoms with Gasteiger partial charge in [0, 0.05) is 5.56 Å². The van der Waals surface area contributed by atoms with Gasteiger partial charge < -0.3 is 4.74 Å². The minimum Gasteiger partial charge on any atom is -0.497 e. The third-order valence-electron chi connectivity index (χ3n) is 3.18. The molecule has 0 aliphatic heterocycles. The Labute approximate surface area is 143 Å². The van der Waals surface area contributed by atoms with Crippen molar-refractivity contribution in [3.8, 4) is 17.1 Å². The zero-order valence-electron chi connectivity index (χ0n) is 12.2. The maximum absolute atomic E-state index is 6.23. The molecule has 7 heteroatoms. The Morgan fingerprint density at radius 2 is 2.09 bits per heavy atom. The molecule has 0 radical (unpaired) electrons. The van der Waals surface area contributed by atoms with Crippen LogP contribution in [0.15, 0.2) is 53.6 Å². The van der Waals surface area contributed by atoms with E-state index in [-0.39, 0.29) is 0 Å². The molecule has 0 fully saturated rings. The van der Waals surface area contributed by atoms with Crippen LogP contribution in [0, 0.1) is 4.77 Å². The average molecular weight is 345 g/mol. The van der Waals surface area contributed by atoms with Crippen molar-refractivity contribution in [2.75, 3.05) is 7.11 Å². The van der Waals surface area contributed by atoms with Crippen LogP contribution in [0.4, 0.5) is 0 Å². The minimum absolute atomic E-state index is 0.388. The van der Waals surface area contributed by atoms with E-state index < -0.39 is 0 Å². The topological polar surface area (TPSA) is 55.2 Å². The van der Waals surface area contributed by atoms with E-state index in [2.05, 4.69) is 15.3 Å². The summed E-state index contributed by atoms with van der Waals surface area (Å²) in [5.41, 5.74) is 1.64. The highest BCUT2D eigenvalue weighted by atomic mass is 35.5. The number of nitrogens with zero attached hydrogens (tertiary/aromatic N) is 3. The number of nitrogens with one attached hydrogen (secondary N) is 1. The number of aromatic amines is 1. The fourth-order valence-corrected chi connectivity index (χ4v) is 2.46. The summed E-state index contributed by atoms with van der Waals surface area (Å²) in [6.45, 7) is 0. The monoisotopic (exact) mass is 344 g/mol. The van der Waals surface area contributed by atoms with E-state index in [0.717, 1.165) is 16.9 Å². The standard InChI is InChI=1S/C16H13ClN4OS/c1-22-12-6-4-5-11(9-12)10-18-21-15(19-20-16(21)23)13-7-2-3-8-14(13)17/h2-10H,1H3,(H,20,23)/b18-10+. The van der Waals surface area contributed by atoms with Crippen molar-refractivity contribution in [2.24, 2.45) is 5.10 Å². The number of hydrogen-bond donors (Lipinski definition) is 1. The molecule has 0 saturated heterocycles. The van der Waals surface area contributed by atoms with Gasteiger partial charge in [-0.15, -0.1) is 0 Å². The number of halogens is 1. The van der Waals surface area contributed by atoms with E-state index in [1.807, 2.05) is 42.5 Å². The summed E-state index contributed by atoms with van der Waals surface area (Å²) >= 11 is 11.5. The van der Waals surface area contributed by atoms with E-state index in [9.17, 15) is 0 Å². The summed E-state index contributed by atoms with van der Waals surface area (Å²) in [4.78, 5) is 0. The lowest BCUT2D eigenvalue weighted by Crippen LogP contribution is -1.95.